The molecule has 0 saturated carbocycles. The zero-order valence-electron chi connectivity index (χ0n) is 34.5. The third kappa shape index (κ3) is 6.48. The Bertz CT molecular complexity index is 3650. The van der Waals surface area contributed by atoms with Crippen LogP contribution in [0, 0.1) is 0 Å². The Hall–Kier alpha value is -8.33. The predicted octanol–water partition coefficient (Wildman–Crippen LogP) is 16.5. The standard InChI is InChI=1S/C61H40N2/c1-5-17-42(18-6-1)59-54-34-31-50(48-29-28-41-16-13-14-23-45(41)36-48)39-56(54)60(43-19-7-2-8-20-43)53-33-30-49(38-55(53)59)46-24-15-25-47(37-46)51-32-35-58-57(40-51)62-61(44-21-9-3-10-22-44)63(58)52-26-11-4-12-27-52/h1-40H. The number of hydrogen-bond donors (Lipinski definition) is 0. The number of benzene rings is 11. The van der Waals surface area contributed by atoms with Gasteiger partial charge in [-0.25, -0.2) is 4.98 Å². The van der Waals surface area contributed by atoms with Crippen LogP contribution in [0.5, 0.6) is 0 Å². The Labute approximate surface area is 366 Å². The van der Waals surface area contributed by atoms with E-state index in [0.29, 0.717) is 0 Å². The molecule has 0 fully saturated rings. The molecule has 0 bridgehead atoms. The van der Waals surface area contributed by atoms with E-state index in [0.717, 1.165) is 39.2 Å². The van der Waals surface area contributed by atoms with E-state index >= 15 is 0 Å². The van der Waals surface area contributed by atoms with Crippen LogP contribution in [0.2, 0.25) is 0 Å². The van der Waals surface area contributed by atoms with Gasteiger partial charge in [-0.05, 0) is 136 Å². The smallest absolute Gasteiger partial charge is 0.145 e. The molecule has 0 aliphatic rings. The number of hydrogen-bond acceptors (Lipinski definition) is 1. The van der Waals surface area contributed by atoms with Crippen molar-refractivity contribution in [3.05, 3.63) is 243 Å². The number of aromatic nitrogens is 2. The topological polar surface area (TPSA) is 17.8 Å². The van der Waals surface area contributed by atoms with Gasteiger partial charge in [0, 0.05) is 11.3 Å². The lowest BCUT2D eigenvalue weighted by atomic mass is 9.83. The fraction of sp³-hybridized carbons (Fsp3) is 0. The average Bonchev–Trinajstić information content (AvgIpc) is 3.75. The van der Waals surface area contributed by atoms with Crippen LogP contribution < -0.4 is 0 Å². The van der Waals surface area contributed by atoms with Gasteiger partial charge in [-0.3, -0.25) is 4.57 Å². The molecule has 0 aliphatic heterocycles. The Balaban J connectivity index is 1.03. The zero-order chi connectivity index (χ0) is 41.7. The summed E-state index contributed by atoms with van der Waals surface area (Å²) >= 11 is 0. The number of rotatable bonds is 7. The number of imidazole rings is 1. The molecule has 2 heteroatoms. The lowest BCUT2D eigenvalue weighted by Gasteiger charge is -2.20. The van der Waals surface area contributed by atoms with Crippen molar-refractivity contribution in [2.45, 2.75) is 0 Å². The summed E-state index contributed by atoms with van der Waals surface area (Å²) in [6.07, 6.45) is 0. The Kier molecular flexibility index (Phi) is 8.86. The van der Waals surface area contributed by atoms with Crippen LogP contribution in [-0.2, 0) is 0 Å². The average molecular weight is 801 g/mol. The van der Waals surface area contributed by atoms with Gasteiger partial charge in [0.2, 0.25) is 0 Å². The maximum absolute atomic E-state index is 5.25. The molecule has 11 aromatic carbocycles. The molecule has 63 heavy (non-hydrogen) atoms. The first kappa shape index (κ1) is 36.5. The summed E-state index contributed by atoms with van der Waals surface area (Å²) < 4.78 is 2.27. The van der Waals surface area contributed by atoms with Crippen molar-refractivity contribution in [2.24, 2.45) is 0 Å². The van der Waals surface area contributed by atoms with E-state index in [1.54, 1.807) is 0 Å². The predicted molar refractivity (Wildman–Crippen MR) is 266 cm³/mol. The maximum atomic E-state index is 5.25. The van der Waals surface area contributed by atoms with E-state index in [2.05, 4.69) is 247 Å². The van der Waals surface area contributed by atoms with Gasteiger partial charge in [-0.15, -0.1) is 0 Å². The van der Waals surface area contributed by atoms with Gasteiger partial charge < -0.3 is 0 Å². The largest absolute Gasteiger partial charge is 0.292 e. The van der Waals surface area contributed by atoms with E-state index in [-0.39, 0.29) is 0 Å². The number of nitrogens with zero attached hydrogens (tertiary/aromatic N) is 2. The first-order valence-electron chi connectivity index (χ1n) is 21.6. The highest BCUT2D eigenvalue weighted by atomic mass is 15.1. The van der Waals surface area contributed by atoms with Crippen molar-refractivity contribution in [2.75, 3.05) is 0 Å². The fourth-order valence-electron chi connectivity index (χ4n) is 9.55. The van der Waals surface area contributed by atoms with Crippen LogP contribution >= 0.6 is 0 Å². The molecular weight excluding hydrogens is 761 g/mol. The van der Waals surface area contributed by atoms with Gasteiger partial charge in [0.25, 0.3) is 0 Å². The van der Waals surface area contributed by atoms with Crippen LogP contribution in [0.15, 0.2) is 243 Å². The highest BCUT2D eigenvalue weighted by Gasteiger charge is 2.20. The van der Waals surface area contributed by atoms with Crippen molar-refractivity contribution >= 4 is 43.4 Å². The lowest BCUT2D eigenvalue weighted by molar-refractivity contribution is 1.10. The lowest BCUT2D eigenvalue weighted by Crippen LogP contribution is -1.97. The fourth-order valence-corrected chi connectivity index (χ4v) is 9.55. The minimum Gasteiger partial charge on any atom is -0.292 e. The van der Waals surface area contributed by atoms with Crippen LogP contribution in [0.1, 0.15) is 0 Å². The van der Waals surface area contributed by atoms with E-state index in [4.69, 9.17) is 4.98 Å². The molecule has 294 valence electrons. The first-order valence-corrected chi connectivity index (χ1v) is 21.6. The molecule has 1 aromatic heterocycles. The van der Waals surface area contributed by atoms with Gasteiger partial charge in [0.1, 0.15) is 5.82 Å². The summed E-state index contributed by atoms with van der Waals surface area (Å²) in [5.74, 6) is 0.931. The number of fused-ring (bicyclic) bond motifs is 4. The highest BCUT2D eigenvalue weighted by Crippen LogP contribution is 2.46. The third-order valence-electron chi connectivity index (χ3n) is 12.6. The van der Waals surface area contributed by atoms with Crippen molar-refractivity contribution in [1.29, 1.82) is 0 Å². The van der Waals surface area contributed by atoms with Crippen molar-refractivity contribution < 1.29 is 0 Å². The molecular formula is C61H40N2. The van der Waals surface area contributed by atoms with Gasteiger partial charge >= 0.3 is 0 Å². The minimum atomic E-state index is 0.931. The van der Waals surface area contributed by atoms with Gasteiger partial charge in [-0.2, -0.15) is 0 Å². The van der Waals surface area contributed by atoms with E-state index < -0.39 is 0 Å². The first-order chi connectivity index (χ1) is 31.2. The molecule has 0 aliphatic carbocycles. The molecule has 12 rings (SSSR count). The molecule has 0 N–H and O–H groups in total. The van der Waals surface area contributed by atoms with Crippen molar-refractivity contribution in [3.63, 3.8) is 0 Å². The Morgan fingerprint density at radius 2 is 0.714 bits per heavy atom. The molecule has 0 atom stereocenters. The third-order valence-corrected chi connectivity index (χ3v) is 12.6. The second-order valence-corrected chi connectivity index (χ2v) is 16.3. The second-order valence-electron chi connectivity index (χ2n) is 16.3. The van der Waals surface area contributed by atoms with Crippen LogP contribution in [0.25, 0.3) is 116 Å². The summed E-state index contributed by atoms with van der Waals surface area (Å²) in [5, 5.41) is 7.44. The van der Waals surface area contributed by atoms with Gasteiger partial charge in [0.15, 0.2) is 0 Å². The van der Waals surface area contributed by atoms with Gasteiger partial charge in [-0.1, -0.05) is 194 Å². The minimum absolute atomic E-state index is 0.931. The summed E-state index contributed by atoms with van der Waals surface area (Å²) in [5.41, 5.74) is 16.2. The van der Waals surface area contributed by atoms with E-state index in [1.807, 2.05) is 0 Å². The summed E-state index contributed by atoms with van der Waals surface area (Å²) in [6.45, 7) is 0. The van der Waals surface area contributed by atoms with Crippen molar-refractivity contribution in [1.82, 2.24) is 9.55 Å². The van der Waals surface area contributed by atoms with Crippen LogP contribution in [-0.4, -0.2) is 9.55 Å². The monoisotopic (exact) mass is 800 g/mol. The van der Waals surface area contributed by atoms with E-state index in [1.165, 1.54) is 76.8 Å². The highest BCUT2D eigenvalue weighted by molar-refractivity contribution is 6.22. The molecule has 2 nitrogen and oxygen atoms in total. The molecule has 0 radical (unpaired) electrons. The van der Waals surface area contributed by atoms with Crippen LogP contribution in [0.3, 0.4) is 0 Å². The molecule has 0 spiro atoms. The molecule has 0 saturated heterocycles. The van der Waals surface area contributed by atoms with Crippen LogP contribution in [0.4, 0.5) is 0 Å². The Morgan fingerprint density at radius 3 is 1.32 bits per heavy atom. The normalized spacial score (nSPS) is 11.5. The molecule has 1 heterocycles. The van der Waals surface area contributed by atoms with Crippen molar-refractivity contribution in [3.8, 4) is 72.7 Å². The summed E-state index contributed by atoms with van der Waals surface area (Å²) in [6, 6.07) is 87.9. The Morgan fingerprint density at radius 1 is 0.270 bits per heavy atom. The summed E-state index contributed by atoms with van der Waals surface area (Å²) in [7, 11) is 0. The summed E-state index contributed by atoms with van der Waals surface area (Å²) in [4.78, 5) is 5.25. The zero-order valence-corrected chi connectivity index (χ0v) is 34.5. The van der Waals surface area contributed by atoms with Gasteiger partial charge in [0.05, 0.1) is 11.0 Å². The SMILES string of the molecule is c1ccc(-c2c3ccc(-c4ccc5ccccc5c4)cc3c(-c3ccccc3)c3ccc(-c4cccc(-c5ccc6c(c5)nc(-c5ccccc5)n6-c5ccccc5)c4)cc23)cc1. The second kappa shape index (κ2) is 15.3. The molecule has 0 amide bonds. The maximum Gasteiger partial charge on any atom is 0.145 e. The quantitative estimate of drug-likeness (QED) is 0.147. The molecule has 0 unspecified atom stereocenters. The van der Waals surface area contributed by atoms with E-state index in [9.17, 15) is 0 Å². The number of para-hydroxylation sites is 1. The molecule has 12 aromatic rings.